The average molecular weight is 310 g/mol. The van der Waals surface area contributed by atoms with Crippen LogP contribution in [-0.4, -0.2) is 80.9 Å². The van der Waals surface area contributed by atoms with Gasteiger partial charge in [0.1, 0.15) is 24.9 Å². The van der Waals surface area contributed by atoms with Crippen LogP contribution in [0.15, 0.2) is 0 Å². The van der Waals surface area contributed by atoms with Crippen LogP contribution in [0.3, 0.4) is 0 Å². The van der Waals surface area contributed by atoms with Crippen LogP contribution in [0, 0.1) is 0 Å². The maximum atomic E-state index is 11.2. The predicted molar refractivity (Wildman–Crippen MR) is 67.3 cm³/mol. The number of hydrogen-bond acceptors (Lipinski definition) is 9. The Hall–Kier alpha value is -0.850. The van der Waals surface area contributed by atoms with Crippen molar-refractivity contribution in [3.63, 3.8) is 0 Å². The van der Waals surface area contributed by atoms with Gasteiger partial charge in [-0.3, -0.25) is 9.63 Å². The summed E-state index contributed by atoms with van der Waals surface area (Å²) >= 11 is 0. The van der Waals surface area contributed by atoms with E-state index in [1.54, 1.807) is 0 Å². The summed E-state index contributed by atoms with van der Waals surface area (Å²) in [6, 6.07) is -1.09. The average Bonchev–Trinajstić information content (AvgIpc) is 2.39. The van der Waals surface area contributed by atoms with E-state index in [-0.39, 0.29) is 6.42 Å². The molecule has 0 aromatic rings. The number of aliphatic hydroxyl groups is 5. The molecule has 1 aliphatic heterocycles. The highest BCUT2D eigenvalue weighted by molar-refractivity contribution is 5.73. The summed E-state index contributed by atoms with van der Waals surface area (Å²) in [6.45, 7) is -0.0621. The van der Waals surface area contributed by atoms with Crippen LogP contribution >= 0.6 is 0 Å². The van der Waals surface area contributed by atoms with E-state index in [1.807, 2.05) is 0 Å². The molecular formula is C11H22N2O8. The minimum Gasteiger partial charge on any atom is -0.394 e. The monoisotopic (exact) mass is 310 g/mol. The standard InChI is InChI=1S/C11H22N2O8/c1-5(15)13-8-6(16)2-11(19,4-20-12)21-10(8)9(18)7(17)3-14/h6-10,14,16-19H,2-4,12H2,1H3,(H,13,15)/t6-,7+,8+,9+,10+,11-/m0/s1. The van der Waals surface area contributed by atoms with Crippen LogP contribution in [0.2, 0.25) is 0 Å². The van der Waals surface area contributed by atoms with Gasteiger partial charge in [-0.1, -0.05) is 0 Å². The van der Waals surface area contributed by atoms with Gasteiger partial charge in [0.05, 0.1) is 18.8 Å². The smallest absolute Gasteiger partial charge is 0.217 e. The molecule has 0 aromatic carbocycles. The molecule has 0 bridgehead atoms. The van der Waals surface area contributed by atoms with E-state index >= 15 is 0 Å². The highest BCUT2D eigenvalue weighted by Crippen LogP contribution is 2.30. The number of rotatable bonds is 6. The minimum atomic E-state index is -2.00. The van der Waals surface area contributed by atoms with Gasteiger partial charge < -0.3 is 35.6 Å². The molecule has 0 radical (unpaired) electrons. The number of carbonyl (C=O) groups is 1. The highest BCUT2D eigenvalue weighted by Gasteiger charge is 2.50. The van der Waals surface area contributed by atoms with Crippen LogP contribution < -0.4 is 11.2 Å². The fourth-order valence-corrected chi connectivity index (χ4v) is 2.29. The van der Waals surface area contributed by atoms with Crippen LogP contribution in [0.4, 0.5) is 0 Å². The second-order valence-electron chi connectivity index (χ2n) is 5.08. The zero-order valence-electron chi connectivity index (χ0n) is 11.5. The third kappa shape index (κ3) is 4.56. The summed E-state index contributed by atoms with van der Waals surface area (Å²) in [5, 5.41) is 50.9. The Labute approximate surface area is 121 Å². The van der Waals surface area contributed by atoms with Crippen LogP contribution in [0.5, 0.6) is 0 Å². The van der Waals surface area contributed by atoms with E-state index in [9.17, 15) is 25.2 Å². The van der Waals surface area contributed by atoms with Gasteiger partial charge in [-0.25, -0.2) is 5.90 Å². The van der Waals surface area contributed by atoms with Gasteiger partial charge >= 0.3 is 0 Å². The normalized spacial score (nSPS) is 36.0. The van der Waals surface area contributed by atoms with Gasteiger partial charge in [-0.2, -0.15) is 0 Å². The Morgan fingerprint density at radius 2 is 2.19 bits per heavy atom. The molecule has 21 heavy (non-hydrogen) atoms. The third-order valence-corrected chi connectivity index (χ3v) is 3.25. The molecule has 6 atom stereocenters. The first-order valence-electron chi connectivity index (χ1n) is 6.38. The van der Waals surface area contributed by atoms with Gasteiger partial charge in [0.2, 0.25) is 5.91 Å². The molecule has 1 heterocycles. The van der Waals surface area contributed by atoms with Gasteiger partial charge in [0, 0.05) is 13.3 Å². The Kier molecular flexibility index (Phi) is 6.43. The molecule has 0 aliphatic carbocycles. The van der Waals surface area contributed by atoms with Crippen molar-refractivity contribution in [1.82, 2.24) is 5.32 Å². The van der Waals surface area contributed by atoms with E-state index in [0.717, 1.165) is 0 Å². The summed E-state index contributed by atoms with van der Waals surface area (Å²) in [5.41, 5.74) is 0. The maximum Gasteiger partial charge on any atom is 0.217 e. The summed E-state index contributed by atoms with van der Waals surface area (Å²) in [5.74, 6) is 2.37. The number of nitrogens with one attached hydrogen (secondary N) is 1. The van der Waals surface area contributed by atoms with E-state index < -0.39 is 55.4 Å². The minimum absolute atomic E-state index is 0.326. The van der Waals surface area contributed by atoms with Gasteiger partial charge in [-0.15, -0.1) is 0 Å². The number of hydrogen-bond donors (Lipinski definition) is 7. The predicted octanol–water partition coefficient (Wildman–Crippen LogP) is -4.07. The molecule has 1 fully saturated rings. The van der Waals surface area contributed by atoms with E-state index in [4.69, 9.17) is 15.7 Å². The van der Waals surface area contributed by atoms with E-state index in [1.165, 1.54) is 6.92 Å². The van der Waals surface area contributed by atoms with E-state index in [0.29, 0.717) is 0 Å². The number of nitrogens with two attached hydrogens (primary N) is 1. The molecular weight excluding hydrogens is 288 g/mol. The fraction of sp³-hybridized carbons (Fsp3) is 0.909. The van der Waals surface area contributed by atoms with Crippen molar-refractivity contribution in [3.8, 4) is 0 Å². The Morgan fingerprint density at radius 1 is 1.57 bits per heavy atom. The molecule has 0 spiro atoms. The Morgan fingerprint density at radius 3 is 2.67 bits per heavy atom. The number of carbonyl (C=O) groups excluding carboxylic acids is 1. The number of amides is 1. The van der Waals surface area contributed by atoms with Gasteiger partial charge in [-0.05, 0) is 0 Å². The molecule has 124 valence electrons. The Balaban J connectivity index is 2.98. The summed E-state index contributed by atoms with van der Waals surface area (Å²) in [7, 11) is 0. The van der Waals surface area contributed by atoms with Crippen molar-refractivity contribution in [2.45, 2.75) is 49.6 Å². The van der Waals surface area contributed by atoms with E-state index in [2.05, 4.69) is 10.2 Å². The molecule has 10 heteroatoms. The second-order valence-corrected chi connectivity index (χ2v) is 5.08. The molecule has 8 N–H and O–H groups in total. The SMILES string of the molecule is CC(=O)N[C@H]1[C@H]([C@H](O)[C@H](O)CO)O[C@](O)(CON)C[C@@H]1O. The van der Waals surface area contributed by atoms with Crippen molar-refractivity contribution in [3.05, 3.63) is 0 Å². The first kappa shape index (κ1) is 18.2. The largest absolute Gasteiger partial charge is 0.394 e. The molecule has 0 aromatic heterocycles. The molecule has 1 aliphatic rings. The van der Waals surface area contributed by atoms with Crippen molar-refractivity contribution in [1.29, 1.82) is 0 Å². The third-order valence-electron chi connectivity index (χ3n) is 3.25. The topological polar surface area (TPSA) is 175 Å². The van der Waals surface area contributed by atoms with Crippen LogP contribution in [0.1, 0.15) is 13.3 Å². The number of ether oxygens (including phenoxy) is 1. The molecule has 1 saturated heterocycles. The number of aliphatic hydroxyl groups excluding tert-OH is 4. The van der Waals surface area contributed by atoms with Crippen LogP contribution in [0.25, 0.3) is 0 Å². The van der Waals surface area contributed by atoms with Crippen molar-refractivity contribution in [2.24, 2.45) is 5.90 Å². The zero-order valence-corrected chi connectivity index (χ0v) is 11.5. The molecule has 0 saturated carbocycles. The summed E-state index contributed by atoms with van der Waals surface area (Å²) in [6.07, 6.45) is -6.23. The molecule has 1 amide bonds. The summed E-state index contributed by atoms with van der Waals surface area (Å²) in [4.78, 5) is 15.5. The first-order chi connectivity index (χ1) is 9.74. The van der Waals surface area contributed by atoms with Gasteiger partial charge in [0.25, 0.3) is 0 Å². The highest BCUT2D eigenvalue weighted by atomic mass is 16.7. The summed E-state index contributed by atoms with van der Waals surface area (Å²) < 4.78 is 5.24. The lowest BCUT2D eigenvalue weighted by Gasteiger charge is -2.46. The lowest BCUT2D eigenvalue weighted by Crippen LogP contribution is -2.66. The first-order valence-corrected chi connectivity index (χ1v) is 6.38. The van der Waals surface area contributed by atoms with Crippen molar-refractivity contribution in [2.75, 3.05) is 13.2 Å². The molecule has 0 unspecified atom stereocenters. The lowest BCUT2D eigenvalue weighted by atomic mass is 9.89. The lowest BCUT2D eigenvalue weighted by molar-refractivity contribution is -0.316. The quantitative estimate of drug-likeness (QED) is 0.241. The molecule has 10 nitrogen and oxygen atoms in total. The van der Waals surface area contributed by atoms with Crippen molar-refractivity contribution < 1.29 is 39.9 Å². The van der Waals surface area contributed by atoms with Gasteiger partial charge in [0.15, 0.2) is 5.79 Å². The zero-order chi connectivity index (χ0) is 16.2. The van der Waals surface area contributed by atoms with Crippen molar-refractivity contribution >= 4 is 5.91 Å². The Bertz CT molecular complexity index is 357. The maximum absolute atomic E-state index is 11.2. The molecule has 1 rings (SSSR count). The second kappa shape index (κ2) is 7.42. The fourth-order valence-electron chi connectivity index (χ4n) is 2.29. The van der Waals surface area contributed by atoms with Crippen LogP contribution in [-0.2, 0) is 14.4 Å².